The molecule has 0 amide bonds. The summed E-state index contributed by atoms with van der Waals surface area (Å²) in [5, 5.41) is 11.8. The van der Waals surface area contributed by atoms with Crippen LogP contribution in [0.4, 0.5) is 0 Å². The molecular formula is C16H31N5. The molecule has 0 radical (unpaired) electrons. The zero-order valence-corrected chi connectivity index (χ0v) is 14.0. The van der Waals surface area contributed by atoms with Crippen LogP contribution in [-0.2, 0) is 13.1 Å². The van der Waals surface area contributed by atoms with Crippen molar-refractivity contribution in [3.63, 3.8) is 0 Å². The number of hydrogen-bond acceptors (Lipinski definition) is 4. The zero-order valence-electron chi connectivity index (χ0n) is 14.0. The van der Waals surface area contributed by atoms with Crippen LogP contribution in [0.25, 0.3) is 0 Å². The van der Waals surface area contributed by atoms with Crippen LogP contribution in [0.3, 0.4) is 0 Å². The van der Waals surface area contributed by atoms with Crippen molar-refractivity contribution < 1.29 is 0 Å². The lowest BCUT2D eigenvalue weighted by molar-refractivity contribution is 0.234. The summed E-state index contributed by atoms with van der Waals surface area (Å²) in [6, 6.07) is 1.31. The predicted octanol–water partition coefficient (Wildman–Crippen LogP) is 2.29. The Morgan fingerprint density at radius 1 is 1.29 bits per heavy atom. The van der Waals surface area contributed by atoms with E-state index in [1.54, 1.807) is 0 Å². The van der Waals surface area contributed by atoms with Crippen molar-refractivity contribution in [1.82, 2.24) is 25.2 Å². The number of aromatic nitrogens is 3. The van der Waals surface area contributed by atoms with Crippen LogP contribution >= 0.6 is 0 Å². The van der Waals surface area contributed by atoms with E-state index < -0.39 is 0 Å². The van der Waals surface area contributed by atoms with Crippen molar-refractivity contribution in [2.75, 3.05) is 13.1 Å². The summed E-state index contributed by atoms with van der Waals surface area (Å²) in [5.74, 6) is 0.784. The Bertz CT molecular complexity index is 409. The Labute approximate surface area is 129 Å². The van der Waals surface area contributed by atoms with Gasteiger partial charge in [-0.3, -0.25) is 9.58 Å². The lowest BCUT2D eigenvalue weighted by Gasteiger charge is -2.22. The fraction of sp³-hybridized carbons (Fsp3) is 0.875. The minimum atomic E-state index is 0.483. The van der Waals surface area contributed by atoms with E-state index in [1.165, 1.54) is 25.8 Å². The van der Waals surface area contributed by atoms with Gasteiger partial charge in [0.1, 0.15) is 0 Å². The van der Waals surface area contributed by atoms with Crippen LogP contribution in [0.15, 0.2) is 6.20 Å². The highest BCUT2D eigenvalue weighted by molar-refractivity contribution is 4.92. The maximum atomic E-state index is 4.24. The zero-order chi connectivity index (χ0) is 15.2. The van der Waals surface area contributed by atoms with Gasteiger partial charge in [0.05, 0.1) is 12.2 Å². The lowest BCUT2D eigenvalue weighted by atomic mass is 10.1. The number of rotatable bonds is 10. The second-order valence-corrected chi connectivity index (χ2v) is 6.96. The van der Waals surface area contributed by atoms with E-state index in [4.69, 9.17) is 0 Å². The van der Waals surface area contributed by atoms with E-state index in [9.17, 15) is 0 Å². The molecule has 2 rings (SSSR count). The molecule has 1 aliphatic carbocycles. The van der Waals surface area contributed by atoms with Gasteiger partial charge < -0.3 is 5.32 Å². The third-order valence-electron chi connectivity index (χ3n) is 3.95. The topological polar surface area (TPSA) is 46.0 Å². The standard InChI is InChI=1S/C16H31N5/c1-13(2)7-8-20(16-5-6-16)9-10-21-12-15(18-19-21)11-17-14(3)4/h12-14,16-17H,5-11H2,1-4H3. The molecular weight excluding hydrogens is 262 g/mol. The second-order valence-electron chi connectivity index (χ2n) is 6.96. The fourth-order valence-corrected chi connectivity index (χ4v) is 2.41. The molecule has 120 valence electrons. The van der Waals surface area contributed by atoms with Gasteiger partial charge in [-0.05, 0) is 31.7 Å². The number of nitrogens with one attached hydrogen (secondary N) is 1. The molecule has 1 aromatic rings. The van der Waals surface area contributed by atoms with Crippen LogP contribution in [0.2, 0.25) is 0 Å². The summed E-state index contributed by atoms with van der Waals surface area (Å²) < 4.78 is 1.99. The van der Waals surface area contributed by atoms with E-state index in [1.807, 2.05) is 4.68 Å². The molecule has 1 aromatic heterocycles. The SMILES string of the molecule is CC(C)CCN(CCn1cc(CNC(C)C)nn1)C1CC1. The third-order valence-corrected chi connectivity index (χ3v) is 3.95. The number of nitrogens with zero attached hydrogens (tertiary/aromatic N) is 4. The first-order valence-electron chi connectivity index (χ1n) is 8.41. The molecule has 5 heteroatoms. The molecule has 0 spiro atoms. The van der Waals surface area contributed by atoms with Crippen LogP contribution < -0.4 is 5.32 Å². The molecule has 0 unspecified atom stereocenters. The Hall–Kier alpha value is -0.940. The highest BCUT2D eigenvalue weighted by Gasteiger charge is 2.28. The Balaban J connectivity index is 1.75. The fourth-order valence-electron chi connectivity index (χ4n) is 2.41. The van der Waals surface area contributed by atoms with E-state index in [2.05, 4.69) is 54.4 Å². The largest absolute Gasteiger partial charge is 0.309 e. The van der Waals surface area contributed by atoms with Crippen LogP contribution in [0.5, 0.6) is 0 Å². The van der Waals surface area contributed by atoms with E-state index in [-0.39, 0.29) is 0 Å². The van der Waals surface area contributed by atoms with Gasteiger partial charge in [0.2, 0.25) is 0 Å². The van der Waals surface area contributed by atoms with Gasteiger partial charge in [0.25, 0.3) is 0 Å². The van der Waals surface area contributed by atoms with Crippen molar-refractivity contribution in [1.29, 1.82) is 0 Å². The van der Waals surface area contributed by atoms with Crippen molar-refractivity contribution in [2.45, 2.75) is 72.1 Å². The Morgan fingerprint density at radius 2 is 2.05 bits per heavy atom. The van der Waals surface area contributed by atoms with Gasteiger partial charge >= 0.3 is 0 Å². The number of hydrogen-bond donors (Lipinski definition) is 1. The third kappa shape index (κ3) is 6.14. The van der Waals surface area contributed by atoms with Gasteiger partial charge in [0.15, 0.2) is 0 Å². The molecule has 1 heterocycles. The quantitative estimate of drug-likeness (QED) is 0.719. The van der Waals surface area contributed by atoms with Crippen LogP contribution in [-0.4, -0.2) is 45.1 Å². The first-order valence-corrected chi connectivity index (χ1v) is 8.41. The molecule has 0 aromatic carbocycles. The van der Waals surface area contributed by atoms with Gasteiger partial charge in [-0.25, -0.2) is 0 Å². The molecule has 1 N–H and O–H groups in total. The van der Waals surface area contributed by atoms with Gasteiger partial charge in [-0.1, -0.05) is 32.9 Å². The van der Waals surface area contributed by atoms with Crippen molar-refractivity contribution in [2.24, 2.45) is 5.92 Å². The predicted molar refractivity (Wildman–Crippen MR) is 86.0 cm³/mol. The monoisotopic (exact) mass is 293 g/mol. The molecule has 0 saturated heterocycles. The van der Waals surface area contributed by atoms with Crippen molar-refractivity contribution >= 4 is 0 Å². The first-order chi connectivity index (χ1) is 10.0. The summed E-state index contributed by atoms with van der Waals surface area (Å²) in [6.07, 6.45) is 6.11. The lowest BCUT2D eigenvalue weighted by Crippen LogP contribution is -2.31. The second kappa shape index (κ2) is 7.90. The minimum Gasteiger partial charge on any atom is -0.309 e. The minimum absolute atomic E-state index is 0.483. The molecule has 5 nitrogen and oxygen atoms in total. The summed E-state index contributed by atoms with van der Waals surface area (Å²) in [5.41, 5.74) is 1.03. The average molecular weight is 293 g/mol. The van der Waals surface area contributed by atoms with E-state index >= 15 is 0 Å². The Morgan fingerprint density at radius 3 is 2.67 bits per heavy atom. The van der Waals surface area contributed by atoms with Crippen molar-refractivity contribution in [3.05, 3.63) is 11.9 Å². The van der Waals surface area contributed by atoms with Gasteiger partial charge in [0, 0.05) is 31.4 Å². The van der Waals surface area contributed by atoms with Gasteiger partial charge in [-0.15, -0.1) is 5.10 Å². The summed E-state index contributed by atoms with van der Waals surface area (Å²) >= 11 is 0. The molecule has 21 heavy (non-hydrogen) atoms. The Kier molecular flexibility index (Phi) is 6.18. The van der Waals surface area contributed by atoms with Gasteiger partial charge in [-0.2, -0.15) is 0 Å². The maximum absolute atomic E-state index is 4.24. The summed E-state index contributed by atoms with van der Waals surface area (Å²) in [7, 11) is 0. The summed E-state index contributed by atoms with van der Waals surface area (Å²) in [4.78, 5) is 2.63. The maximum Gasteiger partial charge on any atom is 0.0964 e. The highest BCUT2D eigenvalue weighted by Crippen LogP contribution is 2.27. The normalized spacial score (nSPS) is 15.6. The smallest absolute Gasteiger partial charge is 0.0964 e. The molecule has 1 saturated carbocycles. The molecule has 0 bridgehead atoms. The molecule has 1 fully saturated rings. The van der Waals surface area contributed by atoms with E-state index in [0.717, 1.165) is 37.3 Å². The molecule has 0 atom stereocenters. The van der Waals surface area contributed by atoms with Crippen LogP contribution in [0, 0.1) is 5.92 Å². The van der Waals surface area contributed by atoms with Crippen LogP contribution in [0.1, 0.15) is 52.7 Å². The molecule has 0 aliphatic heterocycles. The van der Waals surface area contributed by atoms with E-state index in [0.29, 0.717) is 6.04 Å². The first kappa shape index (κ1) is 16.4. The summed E-state index contributed by atoms with van der Waals surface area (Å²) in [6.45, 7) is 13.0. The van der Waals surface area contributed by atoms with Crippen molar-refractivity contribution in [3.8, 4) is 0 Å². The average Bonchev–Trinajstić information content (AvgIpc) is 3.15. The molecule has 1 aliphatic rings. The highest BCUT2D eigenvalue weighted by atomic mass is 15.4.